The first-order valence-corrected chi connectivity index (χ1v) is 4.78. The van der Waals surface area contributed by atoms with E-state index in [0.29, 0.717) is 22.4 Å². The van der Waals surface area contributed by atoms with Gasteiger partial charge in [-0.2, -0.15) is 0 Å². The molecule has 1 heterocycles. The van der Waals surface area contributed by atoms with E-state index >= 15 is 0 Å². The molecule has 0 aromatic heterocycles. The largest absolute Gasteiger partial charge is 0.465 e. The Morgan fingerprint density at radius 2 is 2.12 bits per heavy atom. The Balaban J connectivity index is 2.54. The molecular formula is C12H10O4. The zero-order valence-corrected chi connectivity index (χ0v) is 8.94. The van der Waals surface area contributed by atoms with Gasteiger partial charge < -0.3 is 9.47 Å². The van der Waals surface area contributed by atoms with Crippen molar-refractivity contribution in [3.8, 4) is 0 Å². The van der Waals surface area contributed by atoms with Gasteiger partial charge in [-0.3, -0.25) is 0 Å². The molecule has 82 valence electrons. The standard InChI is InChI=1S/C12H10O4/c1-3-10-9-6-7(11(13)15-2)4-5-8(9)12(14)16-10/h3-6H,1-2H3/b10-3-. The van der Waals surface area contributed by atoms with Crippen molar-refractivity contribution in [2.24, 2.45) is 0 Å². The molecular weight excluding hydrogens is 208 g/mol. The van der Waals surface area contributed by atoms with Gasteiger partial charge in [0.05, 0.1) is 18.2 Å². The minimum absolute atomic E-state index is 0.389. The van der Waals surface area contributed by atoms with E-state index in [1.807, 2.05) is 0 Å². The predicted molar refractivity (Wildman–Crippen MR) is 56.8 cm³/mol. The van der Waals surface area contributed by atoms with Crippen LogP contribution in [0.4, 0.5) is 0 Å². The zero-order valence-electron chi connectivity index (χ0n) is 8.94. The summed E-state index contributed by atoms with van der Waals surface area (Å²) < 4.78 is 9.63. The van der Waals surface area contributed by atoms with Crippen LogP contribution in [0.1, 0.15) is 33.2 Å². The average molecular weight is 218 g/mol. The molecule has 4 heteroatoms. The van der Waals surface area contributed by atoms with Gasteiger partial charge in [-0.25, -0.2) is 9.59 Å². The van der Waals surface area contributed by atoms with E-state index in [4.69, 9.17) is 4.74 Å². The molecule has 0 spiro atoms. The lowest BCUT2D eigenvalue weighted by molar-refractivity contribution is 0.0599. The fourth-order valence-corrected chi connectivity index (χ4v) is 1.60. The molecule has 0 N–H and O–H groups in total. The van der Waals surface area contributed by atoms with E-state index in [9.17, 15) is 9.59 Å². The van der Waals surface area contributed by atoms with Crippen molar-refractivity contribution in [3.63, 3.8) is 0 Å². The highest BCUT2D eigenvalue weighted by Gasteiger charge is 2.26. The maximum Gasteiger partial charge on any atom is 0.344 e. The zero-order chi connectivity index (χ0) is 11.7. The summed E-state index contributed by atoms with van der Waals surface area (Å²) in [6.07, 6.45) is 1.69. The van der Waals surface area contributed by atoms with Crippen molar-refractivity contribution >= 4 is 17.7 Å². The van der Waals surface area contributed by atoms with E-state index in [2.05, 4.69) is 4.74 Å². The van der Waals surface area contributed by atoms with Crippen molar-refractivity contribution in [2.75, 3.05) is 7.11 Å². The van der Waals surface area contributed by atoms with E-state index in [1.165, 1.54) is 7.11 Å². The molecule has 0 aliphatic carbocycles. The van der Waals surface area contributed by atoms with Crippen LogP contribution in [0.25, 0.3) is 5.76 Å². The summed E-state index contributed by atoms with van der Waals surface area (Å²) in [4.78, 5) is 22.7. The van der Waals surface area contributed by atoms with Gasteiger partial charge in [0.15, 0.2) is 0 Å². The molecule has 0 fully saturated rings. The van der Waals surface area contributed by atoms with Crippen LogP contribution in [-0.2, 0) is 9.47 Å². The second kappa shape index (κ2) is 3.81. The first kappa shape index (κ1) is 10.4. The van der Waals surface area contributed by atoms with E-state index in [1.54, 1.807) is 31.2 Å². The highest BCUT2D eigenvalue weighted by atomic mass is 16.5. The SMILES string of the molecule is C/C=C1\OC(=O)c2ccc(C(=O)OC)cc21. The molecule has 2 rings (SSSR count). The first-order valence-electron chi connectivity index (χ1n) is 4.78. The van der Waals surface area contributed by atoms with Gasteiger partial charge in [0.1, 0.15) is 5.76 Å². The number of carbonyl (C=O) groups is 2. The molecule has 1 aliphatic rings. The maximum absolute atomic E-state index is 11.4. The third kappa shape index (κ3) is 1.48. The molecule has 0 saturated carbocycles. The summed E-state index contributed by atoms with van der Waals surface area (Å²) in [5.74, 6) is -0.345. The van der Waals surface area contributed by atoms with Crippen LogP contribution in [0.2, 0.25) is 0 Å². The molecule has 0 bridgehead atoms. The Hall–Kier alpha value is -2.10. The number of hydrogen-bond acceptors (Lipinski definition) is 4. The van der Waals surface area contributed by atoms with Gasteiger partial charge >= 0.3 is 11.9 Å². The topological polar surface area (TPSA) is 52.6 Å². The number of methoxy groups -OCH3 is 1. The smallest absolute Gasteiger partial charge is 0.344 e. The monoisotopic (exact) mass is 218 g/mol. The number of hydrogen-bond donors (Lipinski definition) is 0. The number of fused-ring (bicyclic) bond motifs is 1. The van der Waals surface area contributed by atoms with Gasteiger partial charge in [0, 0.05) is 5.56 Å². The number of benzene rings is 1. The minimum atomic E-state index is -0.433. The second-order valence-electron chi connectivity index (χ2n) is 3.29. The molecule has 0 unspecified atom stereocenters. The van der Waals surface area contributed by atoms with Gasteiger partial charge in [-0.05, 0) is 31.2 Å². The fourth-order valence-electron chi connectivity index (χ4n) is 1.60. The molecule has 1 aromatic rings. The number of esters is 2. The number of rotatable bonds is 1. The Labute approximate surface area is 92.5 Å². The average Bonchev–Trinajstić information content (AvgIpc) is 2.64. The van der Waals surface area contributed by atoms with E-state index in [-0.39, 0.29) is 5.97 Å². The summed E-state index contributed by atoms with van der Waals surface area (Å²) in [5.41, 5.74) is 1.51. The molecule has 0 radical (unpaired) electrons. The van der Waals surface area contributed by atoms with Crippen LogP contribution < -0.4 is 0 Å². The Morgan fingerprint density at radius 1 is 1.38 bits per heavy atom. The second-order valence-corrected chi connectivity index (χ2v) is 3.29. The third-order valence-electron chi connectivity index (χ3n) is 2.39. The van der Waals surface area contributed by atoms with Crippen molar-refractivity contribution in [3.05, 3.63) is 41.0 Å². The molecule has 4 nitrogen and oxygen atoms in total. The van der Waals surface area contributed by atoms with E-state index in [0.717, 1.165) is 0 Å². The number of cyclic esters (lactones) is 1. The molecule has 1 aromatic carbocycles. The van der Waals surface area contributed by atoms with Crippen LogP contribution >= 0.6 is 0 Å². The summed E-state index contributed by atoms with van der Waals surface area (Å²) in [6.45, 7) is 1.77. The summed E-state index contributed by atoms with van der Waals surface area (Å²) in [6, 6.07) is 4.71. The number of carbonyl (C=O) groups excluding carboxylic acids is 2. The molecule has 0 amide bonds. The van der Waals surface area contributed by atoms with Crippen molar-refractivity contribution < 1.29 is 19.1 Å². The predicted octanol–water partition coefficient (Wildman–Crippen LogP) is 2.00. The minimum Gasteiger partial charge on any atom is -0.465 e. The van der Waals surface area contributed by atoms with Gasteiger partial charge in [0.25, 0.3) is 0 Å². The van der Waals surface area contributed by atoms with Gasteiger partial charge in [0.2, 0.25) is 0 Å². The lowest BCUT2D eigenvalue weighted by atomic mass is 10.0. The Morgan fingerprint density at radius 3 is 2.75 bits per heavy atom. The molecule has 0 atom stereocenters. The highest BCUT2D eigenvalue weighted by molar-refractivity contribution is 6.04. The molecule has 1 aliphatic heterocycles. The molecule has 16 heavy (non-hydrogen) atoms. The molecule has 0 saturated heterocycles. The first-order chi connectivity index (χ1) is 7.67. The van der Waals surface area contributed by atoms with Crippen LogP contribution in [0.15, 0.2) is 24.3 Å². The summed E-state index contributed by atoms with van der Waals surface area (Å²) in [7, 11) is 1.31. The highest BCUT2D eigenvalue weighted by Crippen LogP contribution is 2.30. The lowest BCUT2D eigenvalue weighted by Gasteiger charge is -2.01. The summed E-state index contributed by atoms with van der Waals surface area (Å²) in [5, 5.41) is 0. The maximum atomic E-state index is 11.4. The summed E-state index contributed by atoms with van der Waals surface area (Å²) >= 11 is 0. The van der Waals surface area contributed by atoms with Crippen LogP contribution in [-0.4, -0.2) is 19.0 Å². The van der Waals surface area contributed by atoms with Crippen molar-refractivity contribution in [2.45, 2.75) is 6.92 Å². The van der Waals surface area contributed by atoms with Crippen LogP contribution in [0.3, 0.4) is 0 Å². The lowest BCUT2D eigenvalue weighted by Crippen LogP contribution is -2.02. The normalized spacial score (nSPS) is 15.9. The van der Waals surface area contributed by atoms with Crippen molar-refractivity contribution in [1.29, 1.82) is 0 Å². The van der Waals surface area contributed by atoms with Gasteiger partial charge in [-0.1, -0.05) is 0 Å². The van der Waals surface area contributed by atoms with Crippen LogP contribution in [0, 0.1) is 0 Å². The fraction of sp³-hybridized carbons (Fsp3) is 0.167. The number of allylic oxidation sites excluding steroid dienone is 1. The Kier molecular flexibility index (Phi) is 2.48. The van der Waals surface area contributed by atoms with Crippen LogP contribution in [0.5, 0.6) is 0 Å². The Bertz CT molecular complexity index is 500. The quantitative estimate of drug-likeness (QED) is 0.676. The van der Waals surface area contributed by atoms with Crippen molar-refractivity contribution in [1.82, 2.24) is 0 Å². The van der Waals surface area contributed by atoms with Gasteiger partial charge in [-0.15, -0.1) is 0 Å². The number of ether oxygens (including phenoxy) is 2. The van der Waals surface area contributed by atoms with E-state index < -0.39 is 5.97 Å². The third-order valence-corrected chi connectivity index (χ3v) is 2.39.